The Morgan fingerprint density at radius 1 is 1.47 bits per heavy atom. The molecule has 0 heterocycles. The number of nitrogens with two attached hydrogens (primary N) is 1. The second-order valence-electron chi connectivity index (χ2n) is 3.67. The van der Waals surface area contributed by atoms with Crippen LogP contribution in [0.4, 0.5) is 5.69 Å². The summed E-state index contributed by atoms with van der Waals surface area (Å²) in [4.78, 5) is 10.1. The van der Waals surface area contributed by atoms with E-state index in [2.05, 4.69) is 0 Å². The van der Waals surface area contributed by atoms with Crippen molar-refractivity contribution in [2.45, 2.75) is 19.3 Å². The van der Waals surface area contributed by atoms with E-state index in [1.165, 1.54) is 13.2 Å². The molecular formula is C11H16N2O4. The summed E-state index contributed by atoms with van der Waals surface area (Å²) in [6, 6.07) is 2.98. The Morgan fingerprint density at radius 3 is 2.71 bits per heavy atom. The van der Waals surface area contributed by atoms with Crippen LogP contribution in [-0.2, 0) is 6.42 Å². The van der Waals surface area contributed by atoms with Crippen molar-refractivity contribution in [3.63, 3.8) is 0 Å². The van der Waals surface area contributed by atoms with Gasteiger partial charge in [-0.2, -0.15) is 0 Å². The first kappa shape index (κ1) is 13.2. The van der Waals surface area contributed by atoms with Gasteiger partial charge in [-0.25, -0.2) is 0 Å². The molecule has 0 fully saturated rings. The molecule has 0 saturated heterocycles. The number of nitro groups is 1. The molecule has 1 rings (SSSR count). The number of hydrogen-bond donors (Lipinski definition) is 2. The van der Waals surface area contributed by atoms with Crippen molar-refractivity contribution in [3.05, 3.63) is 27.8 Å². The number of nitrogens with zero attached hydrogens (tertiary/aromatic N) is 1. The van der Waals surface area contributed by atoms with E-state index in [9.17, 15) is 15.2 Å². The Balaban J connectivity index is 2.99. The van der Waals surface area contributed by atoms with Crippen molar-refractivity contribution in [2.24, 2.45) is 5.73 Å². The minimum atomic E-state index is -0.621. The molecule has 6 heteroatoms. The van der Waals surface area contributed by atoms with Crippen molar-refractivity contribution in [3.8, 4) is 11.5 Å². The highest BCUT2D eigenvalue weighted by Crippen LogP contribution is 2.37. The van der Waals surface area contributed by atoms with Gasteiger partial charge in [-0.15, -0.1) is 0 Å². The molecular weight excluding hydrogens is 224 g/mol. The maximum Gasteiger partial charge on any atom is 0.314 e. The molecule has 1 aromatic rings. The molecule has 0 spiro atoms. The number of benzene rings is 1. The van der Waals surface area contributed by atoms with Gasteiger partial charge in [0.15, 0.2) is 5.75 Å². The number of nitro benzene ring substituents is 1. The number of hydrogen-bond acceptors (Lipinski definition) is 5. The summed E-state index contributed by atoms with van der Waals surface area (Å²) in [5.74, 6) is -0.304. The number of aryl methyl sites for hydroxylation is 1. The van der Waals surface area contributed by atoms with E-state index in [4.69, 9.17) is 10.5 Å². The van der Waals surface area contributed by atoms with Crippen LogP contribution in [0.3, 0.4) is 0 Å². The highest BCUT2D eigenvalue weighted by atomic mass is 16.6. The molecule has 0 aliphatic heterocycles. The quantitative estimate of drug-likeness (QED) is 0.447. The first-order valence-corrected chi connectivity index (χ1v) is 5.34. The number of unbranched alkanes of at least 4 members (excludes halogenated alkanes) is 1. The highest BCUT2D eigenvalue weighted by Gasteiger charge is 2.19. The van der Waals surface area contributed by atoms with E-state index >= 15 is 0 Å². The van der Waals surface area contributed by atoms with Gasteiger partial charge >= 0.3 is 5.69 Å². The fraction of sp³-hybridized carbons (Fsp3) is 0.455. The largest absolute Gasteiger partial charge is 0.500 e. The third-order valence-electron chi connectivity index (χ3n) is 2.45. The van der Waals surface area contributed by atoms with Gasteiger partial charge in [0.05, 0.1) is 12.0 Å². The molecule has 0 aliphatic rings. The summed E-state index contributed by atoms with van der Waals surface area (Å²) in [5.41, 5.74) is 5.82. The summed E-state index contributed by atoms with van der Waals surface area (Å²) < 4.78 is 4.90. The number of methoxy groups -OCH3 is 1. The highest BCUT2D eigenvalue weighted by molar-refractivity contribution is 5.57. The van der Waals surface area contributed by atoms with Crippen LogP contribution in [0, 0.1) is 10.1 Å². The number of rotatable bonds is 6. The van der Waals surface area contributed by atoms with Crippen LogP contribution in [0.25, 0.3) is 0 Å². The molecule has 0 aliphatic carbocycles. The van der Waals surface area contributed by atoms with E-state index in [-0.39, 0.29) is 11.4 Å². The van der Waals surface area contributed by atoms with Gasteiger partial charge in [0.2, 0.25) is 5.75 Å². The lowest BCUT2D eigenvalue weighted by Gasteiger charge is -2.07. The Bertz CT molecular complexity index is 407. The molecule has 0 saturated carbocycles. The zero-order chi connectivity index (χ0) is 12.8. The third-order valence-corrected chi connectivity index (χ3v) is 2.45. The maximum absolute atomic E-state index is 10.7. The minimum Gasteiger partial charge on any atom is -0.500 e. The Labute approximate surface area is 99.2 Å². The monoisotopic (exact) mass is 240 g/mol. The second kappa shape index (κ2) is 6.05. The van der Waals surface area contributed by atoms with Gasteiger partial charge in [0.25, 0.3) is 0 Å². The van der Waals surface area contributed by atoms with Crippen LogP contribution in [0.1, 0.15) is 18.4 Å². The van der Waals surface area contributed by atoms with E-state index in [0.717, 1.165) is 18.4 Å². The Kier molecular flexibility index (Phi) is 4.71. The predicted molar refractivity (Wildman–Crippen MR) is 63.3 cm³/mol. The van der Waals surface area contributed by atoms with Gasteiger partial charge in [-0.05, 0) is 37.4 Å². The molecule has 0 amide bonds. The molecule has 1 aromatic carbocycles. The molecule has 0 radical (unpaired) electrons. The average molecular weight is 240 g/mol. The van der Waals surface area contributed by atoms with Gasteiger partial charge in [-0.3, -0.25) is 10.1 Å². The molecule has 94 valence electrons. The van der Waals surface area contributed by atoms with E-state index in [1.807, 2.05) is 0 Å². The number of phenols is 1. The Morgan fingerprint density at radius 2 is 2.18 bits per heavy atom. The smallest absolute Gasteiger partial charge is 0.314 e. The predicted octanol–water partition coefficient (Wildman–Crippen LogP) is 1.59. The lowest BCUT2D eigenvalue weighted by atomic mass is 10.1. The zero-order valence-corrected chi connectivity index (χ0v) is 9.68. The first-order valence-electron chi connectivity index (χ1n) is 5.34. The molecule has 0 unspecified atom stereocenters. The topological polar surface area (TPSA) is 98.6 Å². The molecule has 0 aromatic heterocycles. The molecule has 3 N–H and O–H groups in total. The van der Waals surface area contributed by atoms with Crippen LogP contribution in [0.5, 0.6) is 11.5 Å². The van der Waals surface area contributed by atoms with E-state index in [1.54, 1.807) is 6.07 Å². The van der Waals surface area contributed by atoms with E-state index < -0.39 is 10.7 Å². The van der Waals surface area contributed by atoms with Crippen molar-refractivity contribution in [1.29, 1.82) is 0 Å². The molecule has 0 atom stereocenters. The third kappa shape index (κ3) is 3.32. The van der Waals surface area contributed by atoms with Crippen LogP contribution < -0.4 is 10.5 Å². The first-order chi connectivity index (χ1) is 8.10. The summed E-state index contributed by atoms with van der Waals surface area (Å²) in [7, 11) is 1.36. The Hall–Kier alpha value is -1.82. The molecule has 0 bridgehead atoms. The standard InChI is InChI=1S/C11H16N2O4/c1-17-10-7-8(4-2-3-5-12)6-9(11(10)14)13(15)16/h6-7,14H,2-5,12H2,1H3. The zero-order valence-electron chi connectivity index (χ0n) is 9.68. The van der Waals surface area contributed by atoms with Crippen LogP contribution in [0.2, 0.25) is 0 Å². The number of aromatic hydroxyl groups is 1. The van der Waals surface area contributed by atoms with Crippen LogP contribution >= 0.6 is 0 Å². The SMILES string of the molecule is COc1cc(CCCCN)cc([N+](=O)[O-])c1O. The summed E-state index contributed by atoms with van der Waals surface area (Å²) in [5, 5.41) is 20.3. The van der Waals surface area contributed by atoms with Gasteiger partial charge in [-0.1, -0.05) is 0 Å². The second-order valence-corrected chi connectivity index (χ2v) is 3.67. The summed E-state index contributed by atoms with van der Waals surface area (Å²) in [6.07, 6.45) is 2.38. The normalized spacial score (nSPS) is 10.2. The fourth-order valence-electron chi connectivity index (χ4n) is 1.56. The fourth-order valence-corrected chi connectivity index (χ4v) is 1.56. The average Bonchev–Trinajstić information content (AvgIpc) is 2.30. The van der Waals surface area contributed by atoms with E-state index in [0.29, 0.717) is 13.0 Å². The molecule has 6 nitrogen and oxygen atoms in total. The van der Waals surface area contributed by atoms with Crippen LogP contribution in [-0.4, -0.2) is 23.7 Å². The number of ether oxygens (including phenoxy) is 1. The van der Waals surface area contributed by atoms with Crippen molar-refractivity contribution < 1.29 is 14.8 Å². The van der Waals surface area contributed by atoms with Crippen LogP contribution in [0.15, 0.2) is 12.1 Å². The van der Waals surface area contributed by atoms with Crippen molar-refractivity contribution in [2.75, 3.05) is 13.7 Å². The maximum atomic E-state index is 10.7. The summed E-state index contributed by atoms with van der Waals surface area (Å²) in [6.45, 7) is 0.595. The lowest BCUT2D eigenvalue weighted by Crippen LogP contribution is -2.00. The lowest BCUT2D eigenvalue weighted by molar-refractivity contribution is -0.386. The van der Waals surface area contributed by atoms with Gasteiger partial charge in [0, 0.05) is 6.07 Å². The van der Waals surface area contributed by atoms with Crippen molar-refractivity contribution in [1.82, 2.24) is 0 Å². The minimum absolute atomic E-state index is 0.127. The van der Waals surface area contributed by atoms with Crippen molar-refractivity contribution >= 4 is 5.69 Å². The van der Waals surface area contributed by atoms with Gasteiger partial charge < -0.3 is 15.6 Å². The molecule has 17 heavy (non-hydrogen) atoms. The number of phenolic OH excluding ortho intramolecular Hbond substituents is 1. The van der Waals surface area contributed by atoms with Gasteiger partial charge in [0.1, 0.15) is 0 Å². The summed E-state index contributed by atoms with van der Waals surface area (Å²) >= 11 is 0.